The summed E-state index contributed by atoms with van der Waals surface area (Å²) in [6.45, 7) is 4.59. The van der Waals surface area contributed by atoms with Crippen LogP contribution in [0.1, 0.15) is 5.56 Å². The van der Waals surface area contributed by atoms with Crippen molar-refractivity contribution in [2.24, 2.45) is 5.73 Å². The molecule has 1 aliphatic heterocycles. The molecule has 1 fully saturated rings. The highest BCUT2D eigenvalue weighted by molar-refractivity contribution is 6.32. The van der Waals surface area contributed by atoms with E-state index in [2.05, 4.69) is 15.5 Å². The molecule has 0 aliphatic carbocycles. The molecule has 0 unspecified atom stereocenters. The molecule has 3 aromatic rings. The van der Waals surface area contributed by atoms with Crippen molar-refractivity contribution in [3.05, 3.63) is 35.1 Å². The van der Waals surface area contributed by atoms with E-state index in [1.54, 1.807) is 19.2 Å². The summed E-state index contributed by atoms with van der Waals surface area (Å²) in [5.74, 6) is 1.96. The van der Waals surface area contributed by atoms with Crippen molar-refractivity contribution in [1.29, 1.82) is 0 Å². The van der Waals surface area contributed by atoms with Gasteiger partial charge in [0.1, 0.15) is 5.75 Å². The highest BCUT2D eigenvalue weighted by Gasteiger charge is 2.19. The van der Waals surface area contributed by atoms with Gasteiger partial charge in [0.2, 0.25) is 5.78 Å². The van der Waals surface area contributed by atoms with Crippen LogP contribution < -0.4 is 26.0 Å². The molecule has 3 heterocycles. The zero-order valence-corrected chi connectivity index (χ0v) is 17.6. The van der Waals surface area contributed by atoms with Crippen LogP contribution in [-0.4, -0.2) is 65.9 Å². The third-order valence-corrected chi connectivity index (χ3v) is 5.42. The Morgan fingerprint density at radius 1 is 1.27 bits per heavy atom. The molecule has 1 saturated heterocycles. The summed E-state index contributed by atoms with van der Waals surface area (Å²) in [4.78, 5) is 11.8. The van der Waals surface area contributed by atoms with E-state index >= 15 is 0 Å². The number of methoxy groups -OCH3 is 1. The van der Waals surface area contributed by atoms with Crippen molar-refractivity contribution in [1.82, 2.24) is 19.7 Å². The van der Waals surface area contributed by atoms with E-state index in [9.17, 15) is 5.11 Å². The largest absolute Gasteiger partial charge is 0.495 e. The Bertz CT molecular complexity index is 1030. The molecule has 0 radical (unpaired) electrons. The molecule has 5 N–H and O–H groups in total. The van der Waals surface area contributed by atoms with E-state index < -0.39 is 0 Å². The van der Waals surface area contributed by atoms with E-state index in [4.69, 9.17) is 32.0 Å². The van der Waals surface area contributed by atoms with Crippen LogP contribution in [0.5, 0.6) is 5.75 Å². The molecular formula is C20H26ClN7O2. The third-order valence-electron chi connectivity index (χ3n) is 5.13. The lowest BCUT2D eigenvalue weighted by Crippen LogP contribution is -2.44. The molecule has 1 aromatic carbocycles. The molecule has 2 aromatic heterocycles. The Morgan fingerprint density at radius 2 is 2.07 bits per heavy atom. The summed E-state index contributed by atoms with van der Waals surface area (Å²) in [6.07, 6.45) is 3.87. The lowest BCUT2D eigenvalue weighted by Gasteiger charge is -2.30. The molecule has 1 aliphatic rings. The van der Waals surface area contributed by atoms with E-state index in [1.165, 1.54) is 0 Å². The van der Waals surface area contributed by atoms with Crippen LogP contribution >= 0.6 is 11.6 Å². The van der Waals surface area contributed by atoms with E-state index in [-0.39, 0.29) is 6.61 Å². The van der Waals surface area contributed by atoms with Crippen molar-refractivity contribution >= 4 is 28.9 Å². The van der Waals surface area contributed by atoms with Crippen molar-refractivity contribution in [2.75, 3.05) is 56.6 Å². The van der Waals surface area contributed by atoms with Gasteiger partial charge in [-0.05, 0) is 17.7 Å². The minimum atomic E-state index is -0.153. The van der Waals surface area contributed by atoms with Gasteiger partial charge in [-0.15, -0.1) is 0 Å². The van der Waals surface area contributed by atoms with Gasteiger partial charge < -0.3 is 31.1 Å². The molecule has 0 bridgehead atoms. The Kier molecular flexibility index (Phi) is 6.24. The number of nitrogens with one attached hydrogen (secondary N) is 2. The Balaban J connectivity index is 1.79. The van der Waals surface area contributed by atoms with Crippen LogP contribution in [0.15, 0.2) is 24.5 Å². The number of rotatable bonds is 7. The molecule has 0 saturated carbocycles. The molecule has 0 atom stereocenters. The molecule has 9 nitrogen and oxygen atoms in total. The van der Waals surface area contributed by atoms with Crippen molar-refractivity contribution in [3.63, 3.8) is 0 Å². The van der Waals surface area contributed by atoms with Gasteiger partial charge in [-0.25, -0.2) is 4.98 Å². The number of hydrogen-bond acceptors (Lipinski definition) is 8. The van der Waals surface area contributed by atoms with Gasteiger partial charge in [0.25, 0.3) is 0 Å². The number of halogens is 1. The molecule has 160 valence electrons. The topological polar surface area (TPSA) is 113 Å². The SMILES string of the molecule is COc1cc(CO)c(-c2cn3cc(NCCN)c(N4CCNCC4)nc3n2)cc1Cl. The second-order valence-corrected chi connectivity index (χ2v) is 7.47. The molecule has 4 rings (SSSR count). The van der Waals surface area contributed by atoms with Gasteiger partial charge in [-0.2, -0.15) is 4.98 Å². The maximum Gasteiger partial charge on any atom is 0.236 e. The summed E-state index contributed by atoms with van der Waals surface area (Å²) in [6, 6.07) is 3.49. The number of benzene rings is 1. The average Bonchev–Trinajstić information content (AvgIpc) is 3.20. The first-order chi connectivity index (χ1) is 14.6. The Labute approximate surface area is 179 Å². The lowest BCUT2D eigenvalue weighted by atomic mass is 10.1. The van der Waals surface area contributed by atoms with E-state index in [0.29, 0.717) is 40.9 Å². The third kappa shape index (κ3) is 4.01. The van der Waals surface area contributed by atoms with E-state index in [0.717, 1.165) is 43.2 Å². The monoisotopic (exact) mass is 431 g/mol. The quantitative estimate of drug-likeness (QED) is 0.443. The normalized spacial score (nSPS) is 14.3. The number of nitrogens with zero attached hydrogens (tertiary/aromatic N) is 4. The van der Waals surface area contributed by atoms with Crippen molar-refractivity contribution in [2.45, 2.75) is 6.61 Å². The number of hydrogen-bond donors (Lipinski definition) is 4. The number of fused-ring (bicyclic) bond motifs is 1. The summed E-state index contributed by atoms with van der Waals surface area (Å²) < 4.78 is 7.14. The lowest BCUT2D eigenvalue weighted by molar-refractivity contribution is 0.281. The highest BCUT2D eigenvalue weighted by atomic mass is 35.5. The van der Waals surface area contributed by atoms with Crippen LogP contribution in [0, 0.1) is 0 Å². The maximum absolute atomic E-state index is 9.84. The second kappa shape index (κ2) is 9.05. The predicted octanol–water partition coefficient (Wildman–Crippen LogP) is 1.33. The minimum Gasteiger partial charge on any atom is -0.495 e. The fourth-order valence-electron chi connectivity index (χ4n) is 3.61. The first-order valence-corrected chi connectivity index (χ1v) is 10.3. The van der Waals surface area contributed by atoms with Crippen molar-refractivity contribution < 1.29 is 9.84 Å². The molecular weight excluding hydrogens is 406 g/mol. The minimum absolute atomic E-state index is 0.153. The fourth-order valence-corrected chi connectivity index (χ4v) is 3.85. The van der Waals surface area contributed by atoms with Gasteiger partial charge in [0, 0.05) is 57.2 Å². The summed E-state index contributed by atoms with van der Waals surface area (Å²) in [7, 11) is 1.55. The van der Waals surface area contributed by atoms with Crippen LogP contribution in [0.3, 0.4) is 0 Å². The van der Waals surface area contributed by atoms with Crippen LogP contribution in [0.2, 0.25) is 5.02 Å². The first-order valence-electron chi connectivity index (χ1n) is 9.91. The van der Waals surface area contributed by atoms with Gasteiger partial charge in [0.15, 0.2) is 5.82 Å². The Morgan fingerprint density at radius 3 is 2.77 bits per heavy atom. The second-order valence-electron chi connectivity index (χ2n) is 7.07. The highest BCUT2D eigenvalue weighted by Crippen LogP contribution is 2.34. The predicted molar refractivity (Wildman–Crippen MR) is 119 cm³/mol. The zero-order chi connectivity index (χ0) is 21.1. The smallest absolute Gasteiger partial charge is 0.236 e. The number of aliphatic hydroxyl groups is 1. The fraction of sp³-hybridized carbons (Fsp3) is 0.400. The van der Waals surface area contributed by atoms with Crippen LogP contribution in [-0.2, 0) is 6.61 Å². The maximum atomic E-state index is 9.84. The summed E-state index contributed by atoms with van der Waals surface area (Å²) in [5.41, 5.74) is 8.71. The standard InChI is InChI=1S/C20H26ClN7O2/c1-30-18-8-13(12-29)14(9-15(18)21)16-10-28-11-17(24-3-2-22)19(26-20(28)25-16)27-6-4-23-5-7-27/h8-11,23-24,29H,2-7,12,22H2,1H3. The first kappa shape index (κ1) is 20.7. The number of aromatic nitrogens is 3. The van der Waals surface area contributed by atoms with Gasteiger partial charge in [-0.1, -0.05) is 11.6 Å². The van der Waals surface area contributed by atoms with E-state index in [1.807, 2.05) is 16.8 Å². The number of nitrogens with two attached hydrogens (primary N) is 1. The van der Waals surface area contributed by atoms with Gasteiger partial charge >= 0.3 is 0 Å². The van der Waals surface area contributed by atoms with Gasteiger partial charge in [-0.3, -0.25) is 4.40 Å². The number of ether oxygens (including phenoxy) is 1. The van der Waals surface area contributed by atoms with Gasteiger partial charge in [0.05, 0.1) is 30.1 Å². The number of aliphatic hydroxyl groups excluding tert-OH is 1. The van der Waals surface area contributed by atoms with Crippen LogP contribution in [0.4, 0.5) is 11.5 Å². The summed E-state index contributed by atoms with van der Waals surface area (Å²) in [5, 5.41) is 17.0. The average molecular weight is 432 g/mol. The van der Waals surface area contributed by atoms with Crippen LogP contribution in [0.25, 0.3) is 17.0 Å². The zero-order valence-electron chi connectivity index (χ0n) is 16.9. The molecule has 30 heavy (non-hydrogen) atoms. The number of anilines is 2. The number of piperazine rings is 1. The summed E-state index contributed by atoms with van der Waals surface area (Å²) >= 11 is 6.33. The molecule has 10 heteroatoms. The number of imidazole rings is 1. The van der Waals surface area contributed by atoms with Crippen molar-refractivity contribution in [3.8, 4) is 17.0 Å². The molecule has 0 spiro atoms. The molecule has 0 amide bonds. The Hall–Kier alpha value is -2.59.